The third kappa shape index (κ3) is 11.8. The van der Waals surface area contributed by atoms with E-state index in [4.69, 9.17) is 14.9 Å². The molecule has 51 heavy (non-hydrogen) atoms. The van der Waals surface area contributed by atoms with E-state index in [1.807, 2.05) is 6.07 Å². The SMILES string of the molecule is Cc1cc(=O)oc2cc(NC(=O)[C@H](CCCCN)NC(=O)[C@H](CCC(=O)O)NC(=O)[C@H](Cc3cnc[nH]3)NC(=O)OCc3ccccc3)ccc12. The Hall–Kier alpha value is -6.03. The Morgan fingerprint density at radius 1 is 0.922 bits per heavy atom. The minimum Gasteiger partial charge on any atom is -0.481 e. The van der Waals surface area contributed by atoms with E-state index < -0.39 is 60.0 Å². The van der Waals surface area contributed by atoms with E-state index in [1.165, 1.54) is 24.7 Å². The minimum absolute atomic E-state index is 0.0599. The zero-order chi connectivity index (χ0) is 36.8. The molecule has 0 aliphatic rings. The van der Waals surface area contributed by atoms with E-state index in [2.05, 4.69) is 31.2 Å². The molecule has 8 N–H and O–H groups in total. The van der Waals surface area contributed by atoms with Crippen LogP contribution in [-0.4, -0.2) is 69.5 Å². The number of aromatic amines is 1. The maximum atomic E-state index is 13.7. The average molecular weight is 704 g/mol. The molecular formula is C35H41N7O9. The maximum absolute atomic E-state index is 13.7. The number of unbranched alkanes of at least 4 members (excludes halogenated alkanes) is 1. The molecule has 16 nitrogen and oxygen atoms in total. The van der Waals surface area contributed by atoms with Crippen LogP contribution in [0.2, 0.25) is 0 Å². The van der Waals surface area contributed by atoms with Crippen molar-refractivity contribution in [1.82, 2.24) is 25.9 Å². The number of aromatic nitrogens is 2. The van der Waals surface area contributed by atoms with Crippen LogP contribution < -0.4 is 32.6 Å². The predicted molar refractivity (Wildman–Crippen MR) is 185 cm³/mol. The molecule has 0 spiro atoms. The Bertz CT molecular complexity index is 1860. The number of carbonyl (C=O) groups is 5. The molecule has 0 radical (unpaired) electrons. The number of aryl methyl sites for hydroxylation is 1. The number of ether oxygens (including phenoxy) is 1. The number of nitrogens with two attached hydrogens (primary N) is 1. The number of hydrogen-bond donors (Lipinski definition) is 7. The van der Waals surface area contributed by atoms with Gasteiger partial charge in [0.25, 0.3) is 0 Å². The lowest BCUT2D eigenvalue weighted by Gasteiger charge is -2.25. The fourth-order valence-corrected chi connectivity index (χ4v) is 5.21. The summed E-state index contributed by atoms with van der Waals surface area (Å²) >= 11 is 0. The highest BCUT2D eigenvalue weighted by Gasteiger charge is 2.31. The molecule has 0 saturated heterocycles. The van der Waals surface area contributed by atoms with Gasteiger partial charge in [0.2, 0.25) is 17.7 Å². The standard InChI is InChI=1S/C35H41N7O9/c1-21-15-31(45)51-29-17-23(10-11-25(21)29)39-32(46)26(9-5-6-14-36)40-33(47)27(12-13-30(43)44)41-34(48)28(16-24-18-37-20-38-24)42-35(49)50-19-22-7-3-2-4-8-22/h2-4,7-8,10-11,15,17-18,20,26-28H,5-6,9,12-14,16,19,36H2,1H3,(H,37,38)(H,39,46)(H,40,47)(H,41,48)(H,42,49)(H,43,44)/t26-,27-,28-/m0/s1. The van der Waals surface area contributed by atoms with Crippen molar-refractivity contribution < 1.29 is 38.2 Å². The fourth-order valence-electron chi connectivity index (χ4n) is 5.21. The Labute approximate surface area is 292 Å². The van der Waals surface area contributed by atoms with Crippen molar-refractivity contribution in [2.75, 3.05) is 11.9 Å². The van der Waals surface area contributed by atoms with Crippen LogP contribution in [0.1, 0.15) is 48.9 Å². The number of fused-ring (bicyclic) bond motifs is 1. The number of hydrogen-bond acceptors (Lipinski definition) is 10. The van der Waals surface area contributed by atoms with Crippen LogP contribution in [0.4, 0.5) is 10.5 Å². The van der Waals surface area contributed by atoms with E-state index in [1.54, 1.807) is 43.3 Å². The van der Waals surface area contributed by atoms with Gasteiger partial charge < -0.3 is 46.2 Å². The largest absolute Gasteiger partial charge is 0.481 e. The van der Waals surface area contributed by atoms with E-state index in [0.29, 0.717) is 41.7 Å². The third-order valence-corrected chi connectivity index (χ3v) is 7.88. The summed E-state index contributed by atoms with van der Waals surface area (Å²) in [4.78, 5) is 83.7. The first-order chi connectivity index (χ1) is 24.5. The maximum Gasteiger partial charge on any atom is 0.408 e. The first-order valence-corrected chi connectivity index (χ1v) is 16.3. The van der Waals surface area contributed by atoms with Gasteiger partial charge in [0.1, 0.15) is 30.3 Å². The third-order valence-electron chi connectivity index (χ3n) is 7.88. The Morgan fingerprint density at radius 2 is 1.65 bits per heavy atom. The van der Waals surface area contributed by atoms with Crippen molar-refractivity contribution in [3.8, 4) is 0 Å². The summed E-state index contributed by atoms with van der Waals surface area (Å²) in [6.45, 7) is 2.05. The molecule has 4 rings (SSSR count). The smallest absolute Gasteiger partial charge is 0.408 e. The van der Waals surface area contributed by atoms with Gasteiger partial charge in [0.15, 0.2) is 0 Å². The van der Waals surface area contributed by atoms with Crippen molar-refractivity contribution in [1.29, 1.82) is 0 Å². The Kier molecular flexibility index (Phi) is 13.8. The Morgan fingerprint density at radius 3 is 2.33 bits per heavy atom. The molecule has 4 amide bonds. The summed E-state index contributed by atoms with van der Waals surface area (Å²) in [7, 11) is 0. The first-order valence-electron chi connectivity index (χ1n) is 16.3. The molecule has 4 aromatic rings. The highest BCUT2D eigenvalue weighted by molar-refractivity contribution is 6.00. The molecule has 0 unspecified atom stereocenters. The topological polar surface area (TPSA) is 248 Å². The lowest BCUT2D eigenvalue weighted by Crippen LogP contribution is -2.56. The number of nitrogens with one attached hydrogen (secondary N) is 5. The molecule has 2 heterocycles. The lowest BCUT2D eigenvalue weighted by atomic mass is 10.0. The number of aliphatic carboxylic acids is 1. The lowest BCUT2D eigenvalue weighted by molar-refractivity contribution is -0.138. The van der Waals surface area contributed by atoms with Gasteiger partial charge in [-0.05, 0) is 62.4 Å². The summed E-state index contributed by atoms with van der Waals surface area (Å²) < 4.78 is 10.6. The molecule has 270 valence electrons. The number of nitrogens with zero attached hydrogens (tertiary/aromatic N) is 1. The van der Waals surface area contributed by atoms with Gasteiger partial charge in [-0.25, -0.2) is 14.6 Å². The number of carboxylic acid groups (broad SMARTS) is 1. The van der Waals surface area contributed by atoms with Gasteiger partial charge >= 0.3 is 17.7 Å². The second-order valence-corrected chi connectivity index (χ2v) is 11.8. The van der Waals surface area contributed by atoms with Gasteiger partial charge in [-0.15, -0.1) is 0 Å². The molecule has 2 aromatic heterocycles. The van der Waals surface area contributed by atoms with Crippen molar-refractivity contribution in [2.24, 2.45) is 5.73 Å². The number of amides is 4. The van der Waals surface area contributed by atoms with Crippen molar-refractivity contribution in [2.45, 2.75) is 70.2 Å². The number of imidazole rings is 1. The fraction of sp³-hybridized carbons (Fsp3) is 0.343. The highest BCUT2D eigenvalue weighted by Crippen LogP contribution is 2.21. The second kappa shape index (κ2) is 18.7. The number of anilines is 1. The molecule has 0 bridgehead atoms. The second-order valence-electron chi connectivity index (χ2n) is 11.8. The van der Waals surface area contributed by atoms with Crippen LogP contribution in [0.3, 0.4) is 0 Å². The van der Waals surface area contributed by atoms with Gasteiger partial charge in [0, 0.05) is 47.9 Å². The molecular weight excluding hydrogens is 662 g/mol. The van der Waals surface area contributed by atoms with Gasteiger partial charge in [-0.2, -0.15) is 0 Å². The summed E-state index contributed by atoms with van der Waals surface area (Å²) in [5.74, 6) is -3.43. The summed E-state index contributed by atoms with van der Waals surface area (Å²) in [6.07, 6.45) is 2.29. The number of alkyl carbamates (subject to hydrolysis) is 1. The van der Waals surface area contributed by atoms with Crippen LogP contribution in [-0.2, 0) is 36.9 Å². The quantitative estimate of drug-likeness (QED) is 0.0585. The number of benzene rings is 2. The van der Waals surface area contributed by atoms with Crippen molar-refractivity contribution in [3.63, 3.8) is 0 Å². The van der Waals surface area contributed by atoms with Crippen molar-refractivity contribution >= 4 is 46.4 Å². The molecule has 0 aliphatic heterocycles. The van der Waals surface area contributed by atoms with Gasteiger partial charge in [0.05, 0.1) is 6.33 Å². The van der Waals surface area contributed by atoms with Crippen LogP contribution in [0, 0.1) is 6.92 Å². The molecule has 16 heteroatoms. The van der Waals surface area contributed by atoms with E-state index >= 15 is 0 Å². The summed E-state index contributed by atoms with van der Waals surface area (Å²) in [5, 5.41) is 20.5. The van der Waals surface area contributed by atoms with E-state index in [-0.39, 0.29) is 31.5 Å². The van der Waals surface area contributed by atoms with Crippen molar-refractivity contribution in [3.05, 3.63) is 94.4 Å². The van der Waals surface area contributed by atoms with Gasteiger partial charge in [-0.1, -0.05) is 30.3 Å². The highest BCUT2D eigenvalue weighted by atomic mass is 16.5. The minimum atomic E-state index is -1.40. The number of carboxylic acids is 1. The van der Waals surface area contributed by atoms with Gasteiger partial charge in [-0.3, -0.25) is 19.2 Å². The van der Waals surface area contributed by atoms with E-state index in [9.17, 15) is 33.9 Å². The molecule has 2 aromatic carbocycles. The van der Waals surface area contributed by atoms with Crippen LogP contribution in [0.5, 0.6) is 0 Å². The number of carbonyl (C=O) groups excluding carboxylic acids is 4. The molecule has 0 aliphatic carbocycles. The Balaban J connectivity index is 1.49. The van der Waals surface area contributed by atoms with Crippen LogP contribution >= 0.6 is 0 Å². The summed E-state index contributed by atoms with van der Waals surface area (Å²) in [6, 6.07) is 11.3. The number of rotatable bonds is 18. The zero-order valence-corrected chi connectivity index (χ0v) is 28.0. The zero-order valence-electron chi connectivity index (χ0n) is 28.0. The average Bonchev–Trinajstić information content (AvgIpc) is 3.61. The predicted octanol–water partition coefficient (Wildman–Crippen LogP) is 2.26. The molecule has 0 saturated carbocycles. The van der Waals surface area contributed by atoms with E-state index in [0.717, 1.165) is 5.56 Å². The monoisotopic (exact) mass is 703 g/mol. The number of H-pyrrole nitrogens is 1. The van der Waals surface area contributed by atoms with Crippen LogP contribution in [0.25, 0.3) is 11.0 Å². The normalized spacial score (nSPS) is 12.7. The van der Waals surface area contributed by atoms with Crippen LogP contribution in [0.15, 0.2) is 76.3 Å². The first kappa shape index (κ1) is 37.8. The molecule has 0 fully saturated rings. The summed E-state index contributed by atoms with van der Waals surface area (Å²) in [5.41, 5.74) is 7.59. The molecule has 3 atom stereocenters.